The number of methoxy groups -OCH3 is 1. The van der Waals surface area contributed by atoms with Crippen LogP contribution >= 0.6 is 11.3 Å². The Labute approximate surface area is 116 Å². The van der Waals surface area contributed by atoms with E-state index in [0.717, 1.165) is 21.7 Å². The predicted molar refractivity (Wildman–Crippen MR) is 75.8 cm³/mol. The van der Waals surface area contributed by atoms with E-state index in [0.29, 0.717) is 0 Å². The lowest BCUT2D eigenvalue weighted by molar-refractivity contribution is -0.141. The first-order valence-corrected chi connectivity index (χ1v) is 6.82. The summed E-state index contributed by atoms with van der Waals surface area (Å²) in [6, 6.07) is 7.58. The van der Waals surface area contributed by atoms with E-state index in [4.69, 9.17) is 5.73 Å². The minimum atomic E-state index is -0.330. The number of ether oxygens (including phenoxy) is 1. The summed E-state index contributed by atoms with van der Waals surface area (Å²) in [5, 5.41) is 0. The van der Waals surface area contributed by atoms with Crippen molar-refractivity contribution in [3.8, 4) is 10.4 Å². The molecule has 0 aliphatic heterocycles. The number of thiazole rings is 1. The summed E-state index contributed by atoms with van der Waals surface area (Å²) >= 11 is 1.61. The molecular formula is C14H16N2O2S. The zero-order chi connectivity index (χ0) is 13.8. The smallest absolute Gasteiger partial charge is 0.307 e. The summed E-state index contributed by atoms with van der Waals surface area (Å²) in [5.74, 6) is -0.296. The molecule has 1 heterocycles. The van der Waals surface area contributed by atoms with Crippen molar-refractivity contribution in [3.05, 3.63) is 41.0 Å². The second-order valence-corrected chi connectivity index (χ2v) is 5.13. The number of rotatable bonds is 4. The number of aromatic nitrogens is 1. The summed E-state index contributed by atoms with van der Waals surface area (Å²) in [5.41, 5.74) is 10.9. The van der Waals surface area contributed by atoms with Crippen LogP contribution in [0.15, 0.2) is 29.8 Å². The summed E-state index contributed by atoms with van der Waals surface area (Å²) in [6.07, 6.45) is 0.190. The summed E-state index contributed by atoms with van der Waals surface area (Å²) < 4.78 is 4.62. The van der Waals surface area contributed by atoms with Crippen LogP contribution in [0.1, 0.15) is 23.7 Å². The Kier molecular flexibility index (Phi) is 4.29. The molecule has 0 saturated carbocycles. The highest BCUT2D eigenvalue weighted by atomic mass is 32.1. The van der Waals surface area contributed by atoms with Crippen LogP contribution in [-0.2, 0) is 9.53 Å². The molecule has 19 heavy (non-hydrogen) atoms. The van der Waals surface area contributed by atoms with Crippen LogP contribution in [-0.4, -0.2) is 18.1 Å². The fourth-order valence-electron chi connectivity index (χ4n) is 1.84. The van der Waals surface area contributed by atoms with Crippen LogP contribution in [0, 0.1) is 6.92 Å². The van der Waals surface area contributed by atoms with Gasteiger partial charge in [-0.15, -0.1) is 11.3 Å². The van der Waals surface area contributed by atoms with E-state index in [1.807, 2.05) is 36.7 Å². The molecule has 0 aliphatic rings. The highest BCUT2D eigenvalue weighted by Crippen LogP contribution is 2.28. The van der Waals surface area contributed by atoms with Crippen molar-refractivity contribution in [2.24, 2.45) is 5.73 Å². The molecule has 0 bridgehead atoms. The maximum Gasteiger partial charge on any atom is 0.307 e. The van der Waals surface area contributed by atoms with Crippen molar-refractivity contribution in [3.63, 3.8) is 0 Å². The number of carbonyl (C=O) groups is 1. The fourth-order valence-corrected chi connectivity index (χ4v) is 2.65. The lowest BCUT2D eigenvalue weighted by Crippen LogP contribution is -2.16. The number of hydrogen-bond donors (Lipinski definition) is 1. The van der Waals surface area contributed by atoms with Gasteiger partial charge in [0, 0.05) is 6.04 Å². The number of benzene rings is 1. The van der Waals surface area contributed by atoms with Gasteiger partial charge in [-0.3, -0.25) is 4.79 Å². The van der Waals surface area contributed by atoms with E-state index < -0.39 is 0 Å². The normalized spacial score (nSPS) is 12.2. The summed E-state index contributed by atoms with van der Waals surface area (Å²) in [6.45, 7) is 1.99. The van der Waals surface area contributed by atoms with Gasteiger partial charge in [0.25, 0.3) is 0 Å². The molecule has 5 heteroatoms. The van der Waals surface area contributed by atoms with Crippen LogP contribution in [0.3, 0.4) is 0 Å². The van der Waals surface area contributed by atoms with Gasteiger partial charge >= 0.3 is 5.97 Å². The molecule has 2 rings (SSSR count). The van der Waals surface area contributed by atoms with Gasteiger partial charge < -0.3 is 10.5 Å². The van der Waals surface area contributed by atoms with Crippen LogP contribution in [0.4, 0.5) is 0 Å². The molecule has 0 spiro atoms. The van der Waals surface area contributed by atoms with Crippen molar-refractivity contribution in [1.29, 1.82) is 0 Å². The molecule has 0 unspecified atom stereocenters. The number of nitrogens with zero attached hydrogens (tertiary/aromatic N) is 1. The van der Waals surface area contributed by atoms with Gasteiger partial charge in [0.1, 0.15) is 0 Å². The molecule has 1 aromatic heterocycles. The molecule has 0 radical (unpaired) electrons. The molecule has 4 nitrogen and oxygen atoms in total. The van der Waals surface area contributed by atoms with Gasteiger partial charge in [0.15, 0.2) is 0 Å². The zero-order valence-electron chi connectivity index (χ0n) is 10.9. The van der Waals surface area contributed by atoms with Gasteiger partial charge in [0.05, 0.1) is 29.6 Å². The maximum atomic E-state index is 11.2. The molecule has 0 aliphatic carbocycles. The molecule has 1 aromatic carbocycles. The first-order chi connectivity index (χ1) is 9.11. The minimum absolute atomic E-state index is 0.190. The monoisotopic (exact) mass is 276 g/mol. The van der Waals surface area contributed by atoms with Crippen molar-refractivity contribution in [2.45, 2.75) is 19.4 Å². The van der Waals surface area contributed by atoms with E-state index in [-0.39, 0.29) is 18.4 Å². The molecule has 2 aromatic rings. The molecule has 1 atom stereocenters. The van der Waals surface area contributed by atoms with E-state index in [2.05, 4.69) is 9.72 Å². The standard InChI is InChI=1S/C14H16N2O2S/c1-9-14(19-8-16-9)11-5-3-10(4-6-11)12(15)7-13(17)18-2/h3-6,8,12H,7,15H2,1-2H3/t12-/m0/s1. The largest absolute Gasteiger partial charge is 0.469 e. The Balaban J connectivity index is 2.15. The summed E-state index contributed by atoms with van der Waals surface area (Å²) in [4.78, 5) is 16.6. The first kappa shape index (κ1) is 13.7. The number of aryl methyl sites for hydroxylation is 1. The minimum Gasteiger partial charge on any atom is -0.469 e. The molecule has 0 saturated heterocycles. The van der Waals surface area contributed by atoms with Gasteiger partial charge in [-0.05, 0) is 18.1 Å². The zero-order valence-corrected chi connectivity index (χ0v) is 11.7. The van der Waals surface area contributed by atoms with Gasteiger partial charge in [-0.25, -0.2) is 4.98 Å². The number of nitrogens with two attached hydrogens (primary N) is 1. The molecule has 100 valence electrons. The Morgan fingerprint density at radius 3 is 2.63 bits per heavy atom. The molecule has 2 N–H and O–H groups in total. The second-order valence-electron chi connectivity index (χ2n) is 4.28. The van der Waals surface area contributed by atoms with Gasteiger partial charge in [0.2, 0.25) is 0 Å². The molecular weight excluding hydrogens is 260 g/mol. The first-order valence-electron chi connectivity index (χ1n) is 5.94. The van der Waals surface area contributed by atoms with Crippen molar-refractivity contribution in [1.82, 2.24) is 4.98 Å². The predicted octanol–water partition coefficient (Wildman–Crippen LogP) is 2.68. The van der Waals surface area contributed by atoms with Gasteiger partial charge in [-0.2, -0.15) is 0 Å². The highest BCUT2D eigenvalue weighted by Gasteiger charge is 2.12. The number of esters is 1. The third-order valence-electron chi connectivity index (χ3n) is 2.96. The Bertz CT molecular complexity index is 563. The van der Waals surface area contributed by atoms with Crippen molar-refractivity contribution in [2.75, 3.05) is 7.11 Å². The van der Waals surface area contributed by atoms with E-state index in [1.54, 1.807) is 11.3 Å². The van der Waals surface area contributed by atoms with E-state index >= 15 is 0 Å². The topological polar surface area (TPSA) is 65.2 Å². The van der Waals surface area contributed by atoms with Crippen molar-refractivity contribution >= 4 is 17.3 Å². The molecule has 0 amide bonds. The number of carbonyl (C=O) groups excluding carboxylic acids is 1. The van der Waals surface area contributed by atoms with Gasteiger partial charge in [-0.1, -0.05) is 24.3 Å². The Morgan fingerprint density at radius 2 is 2.11 bits per heavy atom. The van der Waals surface area contributed by atoms with Crippen LogP contribution in [0.5, 0.6) is 0 Å². The highest BCUT2D eigenvalue weighted by molar-refractivity contribution is 7.13. The Morgan fingerprint density at radius 1 is 1.42 bits per heavy atom. The quantitative estimate of drug-likeness (QED) is 0.872. The SMILES string of the molecule is COC(=O)C[C@H](N)c1ccc(-c2scnc2C)cc1. The third-order valence-corrected chi connectivity index (χ3v) is 3.94. The van der Waals surface area contributed by atoms with E-state index in [9.17, 15) is 4.79 Å². The van der Waals surface area contributed by atoms with Crippen LogP contribution in [0.2, 0.25) is 0 Å². The second kappa shape index (κ2) is 5.95. The Hall–Kier alpha value is -1.72. The number of hydrogen-bond acceptors (Lipinski definition) is 5. The van der Waals surface area contributed by atoms with Crippen LogP contribution < -0.4 is 5.73 Å². The molecule has 0 fully saturated rings. The maximum absolute atomic E-state index is 11.2. The third kappa shape index (κ3) is 3.19. The van der Waals surface area contributed by atoms with Crippen LogP contribution in [0.25, 0.3) is 10.4 Å². The average Bonchev–Trinajstić information content (AvgIpc) is 2.85. The fraction of sp³-hybridized carbons (Fsp3) is 0.286. The summed E-state index contributed by atoms with van der Waals surface area (Å²) in [7, 11) is 1.37. The van der Waals surface area contributed by atoms with Crippen molar-refractivity contribution < 1.29 is 9.53 Å². The van der Waals surface area contributed by atoms with E-state index in [1.165, 1.54) is 7.11 Å². The average molecular weight is 276 g/mol. The lowest BCUT2D eigenvalue weighted by atomic mass is 10.0. The lowest BCUT2D eigenvalue weighted by Gasteiger charge is -2.11.